The number of hydrogen-bond donors (Lipinski definition) is 2. The number of carbonyl (C=O) groups excluding carboxylic acids is 1. The van der Waals surface area contributed by atoms with Gasteiger partial charge in [0.2, 0.25) is 5.76 Å². The van der Waals surface area contributed by atoms with E-state index >= 15 is 0 Å². The summed E-state index contributed by atoms with van der Waals surface area (Å²) in [5.74, 6) is -1.72. The summed E-state index contributed by atoms with van der Waals surface area (Å²) < 4.78 is 9.65. The van der Waals surface area contributed by atoms with Gasteiger partial charge in [-0.2, -0.15) is 0 Å². The number of aromatic nitrogens is 1. The first-order valence-corrected chi connectivity index (χ1v) is 5.23. The lowest BCUT2D eigenvalue weighted by Gasteiger charge is -2.07. The van der Waals surface area contributed by atoms with Gasteiger partial charge >= 0.3 is 5.97 Å². The Kier molecular flexibility index (Phi) is 3.38. The zero-order valence-electron chi connectivity index (χ0n) is 9.01. The Balaban J connectivity index is 1.87. The molecule has 1 aromatic rings. The number of aromatic carboxylic acids is 1. The minimum Gasteiger partial charge on any atom is -0.475 e. The van der Waals surface area contributed by atoms with Gasteiger partial charge in [-0.1, -0.05) is 5.16 Å². The highest BCUT2D eigenvalue weighted by Gasteiger charge is 2.19. The molecule has 2 rings (SSSR count). The molecular weight excluding hydrogens is 228 g/mol. The maximum absolute atomic E-state index is 11.6. The molecule has 1 aliphatic rings. The van der Waals surface area contributed by atoms with Gasteiger partial charge in [0.15, 0.2) is 5.69 Å². The molecule has 1 aromatic heterocycles. The van der Waals surface area contributed by atoms with Crippen molar-refractivity contribution >= 4 is 11.9 Å². The Hall–Kier alpha value is -1.89. The maximum atomic E-state index is 11.6. The highest BCUT2D eigenvalue weighted by molar-refractivity contribution is 5.94. The van der Waals surface area contributed by atoms with Gasteiger partial charge in [-0.15, -0.1) is 0 Å². The fraction of sp³-hybridized carbons (Fsp3) is 0.500. The van der Waals surface area contributed by atoms with E-state index in [4.69, 9.17) is 9.84 Å². The molecule has 92 valence electrons. The van der Waals surface area contributed by atoms with Crippen LogP contribution in [0.1, 0.15) is 27.5 Å². The van der Waals surface area contributed by atoms with Crippen LogP contribution < -0.4 is 5.32 Å². The van der Waals surface area contributed by atoms with Crippen LogP contribution in [0.25, 0.3) is 0 Å². The fourth-order valence-electron chi connectivity index (χ4n) is 1.55. The first-order chi connectivity index (χ1) is 8.16. The molecule has 2 N–H and O–H groups in total. The standard InChI is InChI=1S/C10H12N2O5/c13-9(11-4-6-1-2-16-5-6)7-3-8(10(14)15)17-12-7/h3,6H,1-2,4-5H2,(H,11,13)(H,14,15). The first kappa shape index (κ1) is 11.6. The molecule has 0 bridgehead atoms. The van der Waals surface area contributed by atoms with Crippen LogP contribution in [0.4, 0.5) is 0 Å². The summed E-state index contributed by atoms with van der Waals surface area (Å²) in [5, 5.41) is 14.6. The van der Waals surface area contributed by atoms with Gasteiger partial charge in [0.1, 0.15) is 0 Å². The number of rotatable bonds is 4. The average Bonchev–Trinajstić information content (AvgIpc) is 2.96. The predicted octanol–water partition coefficient (Wildman–Crippen LogP) is 0.139. The number of carboxylic acid groups (broad SMARTS) is 1. The molecular formula is C10H12N2O5. The second-order valence-corrected chi connectivity index (χ2v) is 3.82. The third kappa shape index (κ3) is 2.82. The van der Waals surface area contributed by atoms with Crippen LogP contribution >= 0.6 is 0 Å². The summed E-state index contributed by atoms with van der Waals surface area (Å²) in [5.41, 5.74) is -0.0266. The molecule has 7 nitrogen and oxygen atoms in total. The molecule has 1 saturated heterocycles. The van der Waals surface area contributed by atoms with Crippen molar-refractivity contribution in [3.05, 3.63) is 17.5 Å². The van der Waals surface area contributed by atoms with Gasteiger partial charge in [0.05, 0.1) is 6.61 Å². The number of amides is 1. The highest BCUT2D eigenvalue weighted by Crippen LogP contribution is 2.11. The molecule has 0 aromatic carbocycles. The van der Waals surface area contributed by atoms with Crippen LogP contribution in [0, 0.1) is 5.92 Å². The topological polar surface area (TPSA) is 102 Å². The van der Waals surface area contributed by atoms with Gasteiger partial charge in [-0.05, 0) is 6.42 Å². The lowest BCUT2D eigenvalue weighted by Crippen LogP contribution is -2.29. The minimum atomic E-state index is -1.25. The van der Waals surface area contributed by atoms with E-state index in [0.717, 1.165) is 12.5 Å². The number of nitrogens with one attached hydrogen (secondary N) is 1. The largest absolute Gasteiger partial charge is 0.475 e. The lowest BCUT2D eigenvalue weighted by molar-refractivity contribution is 0.0651. The molecule has 1 atom stereocenters. The van der Waals surface area contributed by atoms with E-state index in [1.54, 1.807) is 0 Å². The van der Waals surface area contributed by atoms with Crippen LogP contribution in [0.5, 0.6) is 0 Å². The third-order valence-electron chi connectivity index (χ3n) is 2.53. The summed E-state index contributed by atoms with van der Waals surface area (Å²) in [7, 11) is 0. The lowest BCUT2D eigenvalue weighted by atomic mass is 10.1. The summed E-state index contributed by atoms with van der Waals surface area (Å²) in [6.07, 6.45) is 0.916. The first-order valence-electron chi connectivity index (χ1n) is 5.23. The zero-order valence-corrected chi connectivity index (χ0v) is 9.01. The number of hydrogen-bond acceptors (Lipinski definition) is 5. The number of nitrogens with zero attached hydrogens (tertiary/aromatic N) is 1. The summed E-state index contributed by atoms with van der Waals surface area (Å²) in [4.78, 5) is 22.1. The predicted molar refractivity (Wildman–Crippen MR) is 54.7 cm³/mol. The van der Waals surface area contributed by atoms with Crippen molar-refractivity contribution in [2.24, 2.45) is 5.92 Å². The van der Waals surface area contributed by atoms with Crippen LogP contribution in [0.2, 0.25) is 0 Å². The number of ether oxygens (including phenoxy) is 1. The Morgan fingerprint density at radius 1 is 1.59 bits per heavy atom. The number of carbonyl (C=O) groups is 2. The quantitative estimate of drug-likeness (QED) is 0.776. The number of carboxylic acids is 1. The minimum absolute atomic E-state index is 0.0266. The molecule has 0 saturated carbocycles. The Bertz CT molecular complexity index is 422. The average molecular weight is 240 g/mol. The van der Waals surface area contributed by atoms with Gasteiger partial charge in [-0.25, -0.2) is 4.79 Å². The summed E-state index contributed by atoms with van der Waals surface area (Å²) in [6, 6.07) is 1.10. The molecule has 1 unspecified atom stereocenters. The Labute approximate surface area is 96.7 Å². The third-order valence-corrected chi connectivity index (χ3v) is 2.53. The van der Waals surface area contributed by atoms with Crippen molar-refractivity contribution < 1.29 is 24.0 Å². The van der Waals surface area contributed by atoms with E-state index in [0.29, 0.717) is 25.7 Å². The van der Waals surface area contributed by atoms with Crippen molar-refractivity contribution in [1.82, 2.24) is 10.5 Å². The molecule has 0 spiro atoms. The van der Waals surface area contributed by atoms with E-state index in [1.165, 1.54) is 0 Å². The van der Waals surface area contributed by atoms with Crippen molar-refractivity contribution in [2.75, 3.05) is 19.8 Å². The Morgan fingerprint density at radius 3 is 3.00 bits per heavy atom. The van der Waals surface area contributed by atoms with Crippen molar-refractivity contribution in [2.45, 2.75) is 6.42 Å². The molecule has 0 aliphatic carbocycles. The van der Waals surface area contributed by atoms with Gasteiger partial charge < -0.3 is 19.7 Å². The zero-order chi connectivity index (χ0) is 12.3. The van der Waals surface area contributed by atoms with Crippen LogP contribution in [-0.4, -0.2) is 41.9 Å². The van der Waals surface area contributed by atoms with E-state index in [-0.39, 0.29) is 11.5 Å². The van der Waals surface area contributed by atoms with Crippen molar-refractivity contribution in [1.29, 1.82) is 0 Å². The highest BCUT2D eigenvalue weighted by atomic mass is 16.5. The normalized spacial score (nSPS) is 19.2. The van der Waals surface area contributed by atoms with Crippen LogP contribution in [0.3, 0.4) is 0 Å². The second-order valence-electron chi connectivity index (χ2n) is 3.82. The summed E-state index contributed by atoms with van der Waals surface area (Å²) in [6.45, 7) is 1.85. The fourth-order valence-corrected chi connectivity index (χ4v) is 1.55. The molecule has 0 radical (unpaired) electrons. The van der Waals surface area contributed by atoms with Crippen molar-refractivity contribution in [3.8, 4) is 0 Å². The van der Waals surface area contributed by atoms with Crippen LogP contribution in [0.15, 0.2) is 10.6 Å². The van der Waals surface area contributed by atoms with E-state index in [9.17, 15) is 9.59 Å². The monoisotopic (exact) mass is 240 g/mol. The molecule has 1 amide bonds. The molecule has 2 heterocycles. The Morgan fingerprint density at radius 2 is 2.41 bits per heavy atom. The SMILES string of the molecule is O=C(NCC1CCOC1)c1cc(C(=O)O)on1. The van der Waals surface area contributed by atoms with Crippen LogP contribution in [-0.2, 0) is 4.74 Å². The van der Waals surface area contributed by atoms with Crippen molar-refractivity contribution in [3.63, 3.8) is 0 Å². The molecule has 1 fully saturated rings. The molecule has 17 heavy (non-hydrogen) atoms. The van der Waals surface area contributed by atoms with E-state index in [1.807, 2.05) is 0 Å². The van der Waals surface area contributed by atoms with Gasteiger partial charge in [0.25, 0.3) is 5.91 Å². The summed E-state index contributed by atoms with van der Waals surface area (Å²) >= 11 is 0. The van der Waals surface area contributed by atoms with E-state index < -0.39 is 11.9 Å². The van der Waals surface area contributed by atoms with Gasteiger partial charge in [0, 0.05) is 25.1 Å². The maximum Gasteiger partial charge on any atom is 0.374 e. The van der Waals surface area contributed by atoms with E-state index in [2.05, 4.69) is 15.0 Å². The van der Waals surface area contributed by atoms with Gasteiger partial charge in [-0.3, -0.25) is 4.79 Å². The second kappa shape index (κ2) is 4.96. The molecule has 1 aliphatic heterocycles. The molecule has 7 heteroatoms. The smallest absolute Gasteiger partial charge is 0.374 e.